The molecule has 1 rings (SSSR count). The molecule has 268 valence electrons. The first-order valence-corrected chi connectivity index (χ1v) is 15.7. The van der Waals surface area contributed by atoms with Crippen molar-refractivity contribution in [2.24, 2.45) is 5.92 Å². The first-order chi connectivity index (χ1) is 19.9. The van der Waals surface area contributed by atoms with Gasteiger partial charge in [0, 0.05) is 12.3 Å². The number of hydrogen-bond donors (Lipinski definition) is 0. The standard InChI is InChI=1S/C22H26F17O4S2/c1-2-3-5-10-14(40)12-44(11-13-8-6-4-7-9-13)43-45(41,42)22(38,39)20(33,34)18(29,30)16(25,26)15(23,24)17(27,28)19(31,32)21(35,36)37/h13H,2-12H2,1H3/q+1. The second-order valence-corrected chi connectivity index (χ2v) is 13.7. The summed E-state index contributed by atoms with van der Waals surface area (Å²) in [5.74, 6) is -55.3. The summed E-state index contributed by atoms with van der Waals surface area (Å²) in [5, 5.41) is -7.76. The van der Waals surface area contributed by atoms with Crippen LogP contribution in [0.2, 0.25) is 0 Å². The molecule has 0 aliphatic heterocycles. The van der Waals surface area contributed by atoms with E-state index >= 15 is 0 Å². The minimum absolute atomic E-state index is 0.157. The highest BCUT2D eigenvalue weighted by atomic mass is 32.3. The van der Waals surface area contributed by atoms with Crippen LogP contribution in [0.4, 0.5) is 74.6 Å². The number of carbonyl (C=O) groups excluding carboxylic acids is 1. The van der Waals surface area contributed by atoms with E-state index in [9.17, 15) is 87.8 Å². The van der Waals surface area contributed by atoms with Gasteiger partial charge in [0.2, 0.25) is 5.75 Å². The highest BCUT2D eigenvalue weighted by Gasteiger charge is 2.96. The maximum absolute atomic E-state index is 14.5. The number of carbonyl (C=O) groups is 1. The van der Waals surface area contributed by atoms with E-state index in [1.807, 2.05) is 0 Å². The molecule has 45 heavy (non-hydrogen) atoms. The summed E-state index contributed by atoms with van der Waals surface area (Å²) in [7, 11) is -7.71. The molecule has 1 aliphatic carbocycles. The van der Waals surface area contributed by atoms with Gasteiger partial charge in [0.05, 0.1) is 0 Å². The molecule has 0 radical (unpaired) electrons. The Morgan fingerprint density at radius 1 is 0.667 bits per heavy atom. The minimum Gasteiger partial charge on any atom is -0.294 e. The van der Waals surface area contributed by atoms with Gasteiger partial charge >= 0.3 is 57.1 Å². The van der Waals surface area contributed by atoms with Gasteiger partial charge in [-0.25, -0.2) is 0 Å². The van der Waals surface area contributed by atoms with Gasteiger partial charge in [-0.2, -0.15) is 83.1 Å². The van der Waals surface area contributed by atoms with Crippen molar-refractivity contribution in [3.63, 3.8) is 0 Å². The van der Waals surface area contributed by atoms with Crippen molar-refractivity contribution < 1.29 is 91.5 Å². The molecule has 0 aromatic rings. The largest absolute Gasteiger partial charge is 0.460 e. The van der Waals surface area contributed by atoms with Crippen LogP contribution >= 0.6 is 0 Å². The number of alkyl halides is 17. The van der Waals surface area contributed by atoms with E-state index in [2.05, 4.69) is 3.63 Å². The van der Waals surface area contributed by atoms with Crippen LogP contribution in [0.25, 0.3) is 0 Å². The molecule has 4 nitrogen and oxygen atoms in total. The monoisotopic (exact) mass is 741 g/mol. The fourth-order valence-electron chi connectivity index (χ4n) is 4.03. The third-order valence-corrected chi connectivity index (χ3v) is 10.6. The van der Waals surface area contributed by atoms with E-state index in [1.54, 1.807) is 6.92 Å². The highest BCUT2D eigenvalue weighted by Crippen LogP contribution is 2.64. The van der Waals surface area contributed by atoms with E-state index in [0.717, 1.165) is 0 Å². The number of unbranched alkanes of at least 4 members (excludes halogenated alkanes) is 2. The Bertz CT molecular complexity index is 1120. The van der Waals surface area contributed by atoms with Crippen LogP contribution in [0.3, 0.4) is 0 Å². The minimum atomic E-state index is -8.92. The van der Waals surface area contributed by atoms with Gasteiger partial charge < -0.3 is 0 Å². The van der Waals surface area contributed by atoms with Gasteiger partial charge in [-0.15, -0.1) is 0 Å². The lowest BCUT2D eigenvalue weighted by Crippen LogP contribution is -2.75. The molecule has 0 aromatic heterocycles. The first-order valence-electron chi connectivity index (χ1n) is 12.8. The third kappa shape index (κ3) is 7.58. The molecule has 1 aliphatic rings. The SMILES string of the molecule is CCCCCC(=O)C[S+](CC1CCCCC1)OS(=O)(=O)C(F)(F)C(F)(F)C(F)(F)C(F)(F)C(F)(F)C(F)(F)C(F)(F)C(F)(F)F. The summed E-state index contributed by atoms with van der Waals surface area (Å²) in [6, 6.07) is 0. The fraction of sp³-hybridized carbons (Fsp3) is 0.955. The molecular formula is C22H26F17O4S2+. The van der Waals surface area contributed by atoms with Crippen molar-refractivity contribution in [1.82, 2.24) is 0 Å². The molecule has 0 heterocycles. The summed E-state index contributed by atoms with van der Waals surface area (Å²) in [4.78, 5) is 12.2. The molecule has 0 spiro atoms. The zero-order chi connectivity index (χ0) is 35.7. The maximum atomic E-state index is 14.5. The summed E-state index contributed by atoms with van der Waals surface area (Å²) in [6.07, 6.45) is -5.03. The van der Waals surface area contributed by atoms with Crippen LogP contribution in [-0.2, 0) is 29.7 Å². The average Bonchev–Trinajstić information content (AvgIpc) is 2.87. The highest BCUT2D eigenvalue weighted by molar-refractivity contribution is 8.03. The van der Waals surface area contributed by atoms with Crippen LogP contribution in [0, 0.1) is 5.92 Å². The molecule has 1 unspecified atom stereocenters. The maximum Gasteiger partial charge on any atom is 0.460 e. The lowest BCUT2D eigenvalue weighted by Gasteiger charge is -2.42. The second-order valence-electron chi connectivity index (χ2n) is 10.2. The Hall–Kier alpha value is -1.26. The van der Waals surface area contributed by atoms with Crippen LogP contribution in [0.1, 0.15) is 64.7 Å². The molecule has 0 bridgehead atoms. The predicted molar refractivity (Wildman–Crippen MR) is 124 cm³/mol. The van der Waals surface area contributed by atoms with Crippen molar-refractivity contribution in [2.45, 2.75) is 112 Å². The number of hydrogen-bond acceptors (Lipinski definition) is 4. The van der Waals surface area contributed by atoms with Crippen molar-refractivity contribution in [3.05, 3.63) is 0 Å². The molecule has 0 aromatic carbocycles. The number of Topliss-reactive ketones (excluding diaryl/α,β-unsaturated/α-hetero) is 1. The van der Waals surface area contributed by atoms with Gasteiger partial charge in [-0.1, -0.05) is 39.0 Å². The van der Waals surface area contributed by atoms with Gasteiger partial charge in [0.25, 0.3) is 0 Å². The Balaban J connectivity index is 3.56. The Kier molecular flexibility index (Phi) is 12.7. The summed E-state index contributed by atoms with van der Waals surface area (Å²) in [6.45, 7) is 1.69. The average molecular weight is 742 g/mol. The Labute approximate surface area is 248 Å². The van der Waals surface area contributed by atoms with E-state index in [-0.39, 0.29) is 25.7 Å². The molecule has 1 atom stereocenters. The molecule has 0 amide bonds. The molecule has 0 N–H and O–H groups in total. The normalized spacial score (nSPS) is 18.3. The zero-order valence-electron chi connectivity index (χ0n) is 22.7. The molecule has 1 fully saturated rings. The fourth-order valence-corrected chi connectivity index (χ4v) is 7.72. The van der Waals surface area contributed by atoms with Gasteiger partial charge in [0.1, 0.15) is 5.75 Å². The molecular weight excluding hydrogens is 715 g/mol. The van der Waals surface area contributed by atoms with Gasteiger partial charge in [-0.3, -0.25) is 4.79 Å². The number of ketones is 1. The van der Waals surface area contributed by atoms with E-state index in [4.69, 9.17) is 0 Å². The Morgan fingerprint density at radius 3 is 1.51 bits per heavy atom. The predicted octanol–water partition coefficient (Wildman–Crippen LogP) is 8.56. The topological polar surface area (TPSA) is 60.4 Å². The summed E-state index contributed by atoms with van der Waals surface area (Å²) < 4.78 is 259. The molecule has 1 saturated carbocycles. The third-order valence-electron chi connectivity index (χ3n) is 6.72. The van der Waals surface area contributed by atoms with E-state index < -0.39 is 91.5 Å². The smallest absolute Gasteiger partial charge is 0.294 e. The number of halogens is 17. The van der Waals surface area contributed by atoms with Crippen LogP contribution < -0.4 is 0 Å². The van der Waals surface area contributed by atoms with Crippen LogP contribution in [0.5, 0.6) is 0 Å². The van der Waals surface area contributed by atoms with Crippen molar-refractivity contribution in [1.29, 1.82) is 0 Å². The van der Waals surface area contributed by atoms with E-state index in [0.29, 0.717) is 32.1 Å². The van der Waals surface area contributed by atoms with Crippen molar-refractivity contribution >= 4 is 27.1 Å². The van der Waals surface area contributed by atoms with Crippen LogP contribution in [0.15, 0.2) is 0 Å². The number of rotatable bonds is 17. The first kappa shape index (κ1) is 41.8. The van der Waals surface area contributed by atoms with Gasteiger partial charge in [0.15, 0.2) is 17.0 Å². The summed E-state index contributed by atoms with van der Waals surface area (Å²) in [5.41, 5.74) is 0. The van der Waals surface area contributed by atoms with E-state index in [1.165, 1.54) is 0 Å². The van der Waals surface area contributed by atoms with Crippen molar-refractivity contribution in [2.75, 3.05) is 11.5 Å². The lowest BCUT2D eigenvalue weighted by atomic mass is 9.91. The Morgan fingerprint density at radius 2 is 1.09 bits per heavy atom. The van der Waals surface area contributed by atoms with Crippen molar-refractivity contribution in [3.8, 4) is 0 Å². The van der Waals surface area contributed by atoms with Crippen LogP contribution in [-0.4, -0.2) is 72.7 Å². The quantitative estimate of drug-likeness (QED) is 0.0852. The lowest BCUT2D eigenvalue weighted by molar-refractivity contribution is -0.458. The summed E-state index contributed by atoms with van der Waals surface area (Å²) >= 11 is -2.68. The second kappa shape index (κ2) is 13.7. The molecule has 23 heteroatoms. The van der Waals surface area contributed by atoms with Gasteiger partial charge in [-0.05, 0) is 22.9 Å². The zero-order valence-corrected chi connectivity index (χ0v) is 24.4. The molecule has 0 saturated heterocycles.